The predicted octanol–water partition coefficient (Wildman–Crippen LogP) is 2.44. The summed E-state index contributed by atoms with van der Waals surface area (Å²) >= 11 is 0. The molecule has 2 saturated carbocycles. The molecule has 1 saturated heterocycles. The lowest BCUT2D eigenvalue weighted by Crippen LogP contribution is -2.55. The van der Waals surface area contributed by atoms with Crippen molar-refractivity contribution in [3.8, 4) is 0 Å². The lowest BCUT2D eigenvalue weighted by molar-refractivity contribution is -0.143. The first-order valence-electron chi connectivity index (χ1n) is 8.49. The molecule has 1 aliphatic heterocycles. The van der Waals surface area contributed by atoms with Gasteiger partial charge in [-0.05, 0) is 25.7 Å². The summed E-state index contributed by atoms with van der Waals surface area (Å²) in [6, 6.07) is 0.794. The summed E-state index contributed by atoms with van der Waals surface area (Å²) in [5.74, 6) is 0.351. The summed E-state index contributed by atoms with van der Waals surface area (Å²) < 4.78 is 0. The molecule has 1 heterocycles. The minimum absolute atomic E-state index is 0. The second kappa shape index (κ2) is 8.72. The highest BCUT2D eigenvalue weighted by molar-refractivity contribution is 5.85. The van der Waals surface area contributed by atoms with Gasteiger partial charge in [-0.3, -0.25) is 9.69 Å². The van der Waals surface area contributed by atoms with Gasteiger partial charge in [0.2, 0.25) is 5.91 Å². The summed E-state index contributed by atoms with van der Waals surface area (Å²) in [7, 11) is 0. The maximum Gasteiger partial charge on any atom is 0.230 e. The number of piperazine rings is 1. The van der Waals surface area contributed by atoms with Crippen LogP contribution in [0.15, 0.2) is 0 Å². The van der Waals surface area contributed by atoms with Crippen molar-refractivity contribution >= 4 is 30.7 Å². The van der Waals surface area contributed by atoms with E-state index >= 15 is 0 Å². The smallest absolute Gasteiger partial charge is 0.230 e. The van der Waals surface area contributed by atoms with E-state index in [-0.39, 0.29) is 30.2 Å². The van der Waals surface area contributed by atoms with Gasteiger partial charge in [0.25, 0.3) is 0 Å². The maximum absolute atomic E-state index is 12.8. The van der Waals surface area contributed by atoms with Crippen LogP contribution in [-0.4, -0.2) is 54.5 Å². The molecule has 0 aromatic carbocycles. The molecule has 3 fully saturated rings. The van der Waals surface area contributed by atoms with Crippen LogP contribution in [0.4, 0.5) is 0 Å². The molecule has 130 valence electrons. The average Bonchev–Trinajstić information content (AvgIpc) is 3.18. The molecule has 2 N–H and O–H groups in total. The zero-order valence-corrected chi connectivity index (χ0v) is 15.1. The molecule has 2 aliphatic carbocycles. The van der Waals surface area contributed by atoms with Crippen molar-refractivity contribution in [1.82, 2.24) is 9.80 Å². The Morgan fingerprint density at radius 3 is 2.00 bits per heavy atom. The number of amides is 1. The molecule has 6 heteroatoms. The Labute approximate surface area is 147 Å². The van der Waals surface area contributed by atoms with E-state index in [4.69, 9.17) is 5.73 Å². The Bertz CT molecular complexity index is 347. The fourth-order valence-corrected chi connectivity index (χ4v) is 4.45. The molecule has 0 unspecified atom stereocenters. The van der Waals surface area contributed by atoms with Gasteiger partial charge in [-0.2, -0.15) is 0 Å². The molecule has 3 rings (SSSR count). The first-order valence-corrected chi connectivity index (χ1v) is 8.49. The van der Waals surface area contributed by atoms with Gasteiger partial charge >= 0.3 is 0 Å². The van der Waals surface area contributed by atoms with E-state index in [1.165, 1.54) is 38.5 Å². The van der Waals surface area contributed by atoms with Crippen LogP contribution < -0.4 is 5.73 Å². The minimum Gasteiger partial charge on any atom is -0.340 e. The topological polar surface area (TPSA) is 49.6 Å². The number of nitrogens with zero attached hydrogens (tertiary/aromatic N) is 2. The van der Waals surface area contributed by atoms with Gasteiger partial charge in [0, 0.05) is 38.8 Å². The Morgan fingerprint density at radius 1 is 0.955 bits per heavy atom. The summed E-state index contributed by atoms with van der Waals surface area (Å²) in [6.07, 6.45) is 9.86. The van der Waals surface area contributed by atoms with Crippen molar-refractivity contribution in [2.45, 2.75) is 57.4 Å². The minimum atomic E-state index is -0.213. The van der Waals surface area contributed by atoms with Gasteiger partial charge in [0.1, 0.15) is 0 Å². The Morgan fingerprint density at radius 2 is 1.50 bits per heavy atom. The largest absolute Gasteiger partial charge is 0.340 e. The van der Waals surface area contributed by atoms with Gasteiger partial charge in [0.15, 0.2) is 0 Å². The van der Waals surface area contributed by atoms with Crippen LogP contribution in [0, 0.1) is 5.41 Å². The molecule has 1 amide bonds. The fourth-order valence-electron chi connectivity index (χ4n) is 4.45. The van der Waals surface area contributed by atoms with Gasteiger partial charge in [0.05, 0.1) is 5.41 Å². The molecular weight excluding hydrogens is 321 g/mol. The third kappa shape index (κ3) is 3.89. The van der Waals surface area contributed by atoms with E-state index in [2.05, 4.69) is 9.80 Å². The van der Waals surface area contributed by atoms with Crippen LogP contribution in [0.25, 0.3) is 0 Å². The van der Waals surface area contributed by atoms with Crippen molar-refractivity contribution in [2.75, 3.05) is 32.7 Å². The highest BCUT2D eigenvalue weighted by atomic mass is 35.5. The first kappa shape index (κ1) is 20.0. The SMILES string of the molecule is Cl.Cl.NCC1(C(=O)N2CCN(C3CCCC3)CC2)CCCC1. The highest BCUT2D eigenvalue weighted by Crippen LogP contribution is 2.39. The van der Waals surface area contributed by atoms with E-state index in [1.54, 1.807) is 0 Å². The van der Waals surface area contributed by atoms with Crippen molar-refractivity contribution < 1.29 is 4.79 Å². The molecule has 0 aromatic heterocycles. The lowest BCUT2D eigenvalue weighted by atomic mass is 9.84. The van der Waals surface area contributed by atoms with E-state index < -0.39 is 0 Å². The third-order valence-corrected chi connectivity index (χ3v) is 5.85. The van der Waals surface area contributed by atoms with Crippen LogP contribution in [0.2, 0.25) is 0 Å². The summed E-state index contributed by atoms with van der Waals surface area (Å²) in [5, 5.41) is 0. The molecule has 0 bridgehead atoms. The maximum atomic E-state index is 12.8. The molecule has 4 nitrogen and oxygen atoms in total. The van der Waals surface area contributed by atoms with E-state index in [9.17, 15) is 4.79 Å². The van der Waals surface area contributed by atoms with Crippen LogP contribution >= 0.6 is 24.8 Å². The van der Waals surface area contributed by atoms with Crippen molar-refractivity contribution in [2.24, 2.45) is 11.1 Å². The Kier molecular flexibility index (Phi) is 7.93. The predicted molar refractivity (Wildman–Crippen MR) is 94.9 cm³/mol. The fraction of sp³-hybridized carbons (Fsp3) is 0.938. The highest BCUT2D eigenvalue weighted by Gasteiger charge is 2.43. The van der Waals surface area contributed by atoms with E-state index in [0.717, 1.165) is 45.1 Å². The number of hydrogen-bond donors (Lipinski definition) is 1. The van der Waals surface area contributed by atoms with Crippen LogP contribution in [-0.2, 0) is 4.79 Å². The molecule has 0 radical (unpaired) electrons. The van der Waals surface area contributed by atoms with Gasteiger partial charge in [-0.1, -0.05) is 25.7 Å². The van der Waals surface area contributed by atoms with Crippen molar-refractivity contribution in [3.63, 3.8) is 0 Å². The van der Waals surface area contributed by atoms with Gasteiger partial charge < -0.3 is 10.6 Å². The van der Waals surface area contributed by atoms with Gasteiger partial charge in [-0.25, -0.2) is 0 Å². The third-order valence-electron chi connectivity index (χ3n) is 5.85. The number of rotatable bonds is 3. The summed E-state index contributed by atoms with van der Waals surface area (Å²) in [6.45, 7) is 4.50. The number of carbonyl (C=O) groups is 1. The number of hydrogen-bond acceptors (Lipinski definition) is 3. The molecule has 0 aromatic rings. The average molecular weight is 352 g/mol. The van der Waals surface area contributed by atoms with E-state index in [1.807, 2.05) is 0 Å². The quantitative estimate of drug-likeness (QED) is 0.849. The lowest BCUT2D eigenvalue weighted by Gasteiger charge is -2.41. The number of carbonyl (C=O) groups excluding carboxylic acids is 1. The van der Waals surface area contributed by atoms with Crippen LogP contribution in [0.3, 0.4) is 0 Å². The van der Waals surface area contributed by atoms with Crippen LogP contribution in [0.1, 0.15) is 51.4 Å². The van der Waals surface area contributed by atoms with Crippen LogP contribution in [0.5, 0.6) is 0 Å². The molecule has 22 heavy (non-hydrogen) atoms. The number of nitrogens with two attached hydrogens (primary N) is 1. The zero-order chi connectivity index (χ0) is 14.0. The zero-order valence-electron chi connectivity index (χ0n) is 13.5. The number of halogens is 2. The molecule has 0 spiro atoms. The second-order valence-electron chi connectivity index (χ2n) is 6.96. The van der Waals surface area contributed by atoms with Gasteiger partial charge in [-0.15, -0.1) is 24.8 Å². The first-order chi connectivity index (χ1) is 9.75. The summed E-state index contributed by atoms with van der Waals surface area (Å²) in [5.41, 5.74) is 5.73. The second-order valence-corrected chi connectivity index (χ2v) is 6.96. The van der Waals surface area contributed by atoms with Crippen molar-refractivity contribution in [1.29, 1.82) is 0 Å². The summed E-state index contributed by atoms with van der Waals surface area (Å²) in [4.78, 5) is 17.5. The molecular formula is C16H31Cl2N3O. The normalized spacial score (nSPS) is 25.6. The standard InChI is InChI=1S/C16H29N3O.2ClH/c17-13-16(7-3-4-8-16)15(20)19-11-9-18(10-12-19)14-5-1-2-6-14;;/h14H,1-13,17H2;2*1H. The Hall–Kier alpha value is -0.0300. The molecule has 0 atom stereocenters. The molecule has 3 aliphatic rings. The Balaban J connectivity index is 0.00000121. The monoisotopic (exact) mass is 351 g/mol. The van der Waals surface area contributed by atoms with Crippen molar-refractivity contribution in [3.05, 3.63) is 0 Å². The van der Waals surface area contributed by atoms with E-state index in [0.29, 0.717) is 12.5 Å².